The number of carbonyl (C=O) groups excluding carboxylic acids is 4. The van der Waals surface area contributed by atoms with Gasteiger partial charge < -0.3 is 10.1 Å². The lowest BCUT2D eigenvalue weighted by molar-refractivity contribution is -0.122. The Morgan fingerprint density at radius 2 is 1.47 bits per heavy atom. The Labute approximate surface area is 198 Å². The molecule has 2 aromatic carbocycles. The largest absolute Gasteiger partial charge is 0.452 e. The third-order valence-corrected chi connectivity index (χ3v) is 6.47. The van der Waals surface area contributed by atoms with Crippen molar-refractivity contribution in [2.75, 3.05) is 16.8 Å². The van der Waals surface area contributed by atoms with Gasteiger partial charge in [0, 0.05) is 5.69 Å². The minimum Gasteiger partial charge on any atom is -0.452 e. The van der Waals surface area contributed by atoms with Crippen LogP contribution in [-0.2, 0) is 32.0 Å². The van der Waals surface area contributed by atoms with Gasteiger partial charge in [-0.1, -0.05) is 44.2 Å². The zero-order valence-electron chi connectivity index (χ0n) is 19.4. The molecule has 2 aliphatic rings. The van der Waals surface area contributed by atoms with Crippen molar-refractivity contribution in [2.24, 2.45) is 11.8 Å². The predicted octanol–water partition coefficient (Wildman–Crippen LogP) is 4.06. The van der Waals surface area contributed by atoms with Gasteiger partial charge in [0.25, 0.3) is 5.91 Å². The van der Waals surface area contributed by atoms with Gasteiger partial charge in [-0.25, -0.2) is 4.79 Å². The third-order valence-electron chi connectivity index (χ3n) is 6.47. The first kappa shape index (κ1) is 23.4. The number of ether oxygens (including phenoxy) is 1. The van der Waals surface area contributed by atoms with Gasteiger partial charge in [-0.05, 0) is 61.1 Å². The molecule has 4 rings (SSSR count). The number of hydrogen-bond acceptors (Lipinski definition) is 5. The highest BCUT2D eigenvalue weighted by molar-refractivity contribution is 6.22. The smallest absolute Gasteiger partial charge is 0.338 e. The minimum absolute atomic E-state index is 0.204. The number of hydrogen-bond donors (Lipinski definition) is 1. The molecule has 1 aliphatic carbocycles. The summed E-state index contributed by atoms with van der Waals surface area (Å²) in [5.41, 5.74) is 3.49. The van der Waals surface area contributed by atoms with Gasteiger partial charge in [-0.2, -0.15) is 0 Å². The molecule has 1 fully saturated rings. The van der Waals surface area contributed by atoms with E-state index in [0.717, 1.165) is 29.7 Å². The molecular weight excluding hydrogens is 432 g/mol. The molecule has 1 N–H and O–H groups in total. The van der Waals surface area contributed by atoms with Crippen LogP contribution in [0.25, 0.3) is 0 Å². The number of aryl methyl sites for hydroxylation is 2. The molecule has 176 valence electrons. The van der Waals surface area contributed by atoms with E-state index in [1.165, 1.54) is 17.0 Å². The second-order valence-electron chi connectivity index (χ2n) is 8.50. The van der Waals surface area contributed by atoms with Gasteiger partial charge in [-0.3, -0.25) is 19.3 Å². The number of nitrogens with zero attached hydrogens (tertiary/aromatic N) is 1. The van der Waals surface area contributed by atoms with E-state index < -0.39 is 18.5 Å². The van der Waals surface area contributed by atoms with Crippen molar-refractivity contribution in [3.63, 3.8) is 0 Å². The Hall–Kier alpha value is -3.74. The molecule has 1 heterocycles. The van der Waals surface area contributed by atoms with E-state index >= 15 is 0 Å². The zero-order chi connectivity index (χ0) is 24.2. The normalized spacial score (nSPS) is 19.2. The first-order valence-electron chi connectivity index (χ1n) is 11.6. The molecule has 1 saturated heterocycles. The summed E-state index contributed by atoms with van der Waals surface area (Å²) in [6.45, 7) is 3.62. The molecule has 3 amide bonds. The summed E-state index contributed by atoms with van der Waals surface area (Å²) in [7, 11) is 0. The molecule has 0 saturated carbocycles. The number of imide groups is 1. The van der Waals surface area contributed by atoms with Crippen LogP contribution in [0.3, 0.4) is 0 Å². The lowest BCUT2D eigenvalue weighted by Gasteiger charge is -2.15. The number of nitrogens with one attached hydrogen (secondary N) is 1. The Morgan fingerprint density at radius 1 is 0.912 bits per heavy atom. The van der Waals surface area contributed by atoms with Crippen molar-refractivity contribution in [1.82, 2.24) is 0 Å². The van der Waals surface area contributed by atoms with E-state index in [-0.39, 0.29) is 29.2 Å². The van der Waals surface area contributed by atoms with E-state index in [0.29, 0.717) is 18.5 Å². The monoisotopic (exact) mass is 460 g/mol. The Kier molecular flexibility index (Phi) is 6.91. The lowest BCUT2D eigenvalue weighted by Crippen LogP contribution is -2.30. The quantitative estimate of drug-likeness (QED) is 0.382. The van der Waals surface area contributed by atoms with Crippen molar-refractivity contribution in [3.8, 4) is 0 Å². The predicted molar refractivity (Wildman–Crippen MR) is 128 cm³/mol. The van der Waals surface area contributed by atoms with Gasteiger partial charge in [0.05, 0.1) is 23.1 Å². The molecule has 0 unspecified atom stereocenters. The van der Waals surface area contributed by atoms with Crippen LogP contribution in [0.2, 0.25) is 0 Å². The second kappa shape index (κ2) is 10.0. The standard InChI is InChI=1S/C27H28N2O5/c1-3-17-8-7-9-18(4-2)24(17)28-23(30)16-34-27(33)19-12-14-20(15-13-19)29-25(31)21-10-5-6-11-22(21)26(29)32/h5-9,12-15,21-22H,3-4,10-11,16H2,1-2H3,(H,28,30)/t21-,22+. The van der Waals surface area contributed by atoms with Gasteiger partial charge in [0.15, 0.2) is 6.61 Å². The molecule has 7 heteroatoms. The molecule has 1 aliphatic heterocycles. The lowest BCUT2D eigenvalue weighted by atomic mass is 9.85. The SMILES string of the molecule is CCc1cccc(CC)c1NC(=O)COC(=O)c1ccc(N2C(=O)[C@H]3CC=CC[C@H]3C2=O)cc1. The van der Waals surface area contributed by atoms with Crippen molar-refractivity contribution in [2.45, 2.75) is 39.5 Å². The van der Waals surface area contributed by atoms with E-state index in [1.54, 1.807) is 12.1 Å². The van der Waals surface area contributed by atoms with Crippen LogP contribution < -0.4 is 10.2 Å². The number of anilines is 2. The van der Waals surface area contributed by atoms with Gasteiger partial charge in [0.2, 0.25) is 11.8 Å². The first-order valence-corrected chi connectivity index (χ1v) is 11.6. The minimum atomic E-state index is -0.655. The van der Waals surface area contributed by atoms with E-state index in [4.69, 9.17) is 4.74 Å². The molecule has 0 bridgehead atoms. The number of fused-ring (bicyclic) bond motifs is 1. The first-order chi connectivity index (χ1) is 16.4. The summed E-state index contributed by atoms with van der Waals surface area (Å²) in [5, 5.41) is 2.87. The summed E-state index contributed by atoms with van der Waals surface area (Å²) in [6.07, 6.45) is 6.57. The van der Waals surface area contributed by atoms with Crippen LogP contribution in [0.4, 0.5) is 11.4 Å². The maximum absolute atomic E-state index is 12.7. The molecule has 2 aromatic rings. The molecule has 0 radical (unpaired) electrons. The maximum atomic E-state index is 12.7. The highest BCUT2D eigenvalue weighted by Gasteiger charge is 2.47. The number of esters is 1. The molecule has 0 aromatic heterocycles. The number of para-hydroxylation sites is 1. The van der Waals surface area contributed by atoms with Crippen molar-refractivity contribution < 1.29 is 23.9 Å². The number of carbonyl (C=O) groups is 4. The molecule has 0 spiro atoms. The van der Waals surface area contributed by atoms with Crippen molar-refractivity contribution >= 4 is 35.1 Å². The fourth-order valence-corrected chi connectivity index (χ4v) is 4.59. The number of amides is 3. The fraction of sp³-hybridized carbons (Fsp3) is 0.333. The summed E-state index contributed by atoms with van der Waals surface area (Å²) < 4.78 is 5.19. The Bertz CT molecular complexity index is 1100. The highest BCUT2D eigenvalue weighted by Crippen LogP contribution is 2.37. The summed E-state index contributed by atoms with van der Waals surface area (Å²) in [6, 6.07) is 12.0. The molecule has 2 atom stereocenters. The average Bonchev–Trinajstić information content (AvgIpc) is 3.12. The van der Waals surface area contributed by atoms with Gasteiger partial charge in [0.1, 0.15) is 0 Å². The van der Waals surface area contributed by atoms with Crippen LogP contribution in [0, 0.1) is 11.8 Å². The van der Waals surface area contributed by atoms with E-state index in [9.17, 15) is 19.2 Å². The number of rotatable bonds is 7. The molecule has 34 heavy (non-hydrogen) atoms. The number of allylic oxidation sites excluding steroid dienone is 2. The Morgan fingerprint density at radius 3 is 2.00 bits per heavy atom. The van der Waals surface area contributed by atoms with E-state index in [1.807, 2.05) is 44.2 Å². The van der Waals surface area contributed by atoms with Crippen LogP contribution in [0.5, 0.6) is 0 Å². The van der Waals surface area contributed by atoms with Crippen molar-refractivity contribution in [3.05, 3.63) is 71.3 Å². The van der Waals surface area contributed by atoms with Crippen molar-refractivity contribution in [1.29, 1.82) is 0 Å². The highest BCUT2D eigenvalue weighted by atomic mass is 16.5. The van der Waals surface area contributed by atoms with Crippen LogP contribution in [-0.4, -0.2) is 30.3 Å². The van der Waals surface area contributed by atoms with Crippen LogP contribution in [0.15, 0.2) is 54.6 Å². The zero-order valence-corrected chi connectivity index (χ0v) is 19.4. The van der Waals surface area contributed by atoms with Crippen LogP contribution >= 0.6 is 0 Å². The second-order valence-corrected chi connectivity index (χ2v) is 8.50. The third kappa shape index (κ3) is 4.51. The fourth-order valence-electron chi connectivity index (χ4n) is 4.59. The number of benzene rings is 2. The van der Waals surface area contributed by atoms with Gasteiger partial charge >= 0.3 is 5.97 Å². The Balaban J connectivity index is 1.37. The van der Waals surface area contributed by atoms with E-state index in [2.05, 4.69) is 5.32 Å². The summed E-state index contributed by atoms with van der Waals surface area (Å²) >= 11 is 0. The molecule has 7 nitrogen and oxygen atoms in total. The maximum Gasteiger partial charge on any atom is 0.338 e. The summed E-state index contributed by atoms with van der Waals surface area (Å²) in [4.78, 5) is 51.5. The van der Waals surface area contributed by atoms with Crippen LogP contribution in [0.1, 0.15) is 48.2 Å². The molecular formula is C27H28N2O5. The average molecular weight is 461 g/mol. The topological polar surface area (TPSA) is 92.8 Å². The summed E-state index contributed by atoms with van der Waals surface area (Å²) in [5.74, 6) is -2.10. The van der Waals surface area contributed by atoms with Gasteiger partial charge in [-0.15, -0.1) is 0 Å².